The second kappa shape index (κ2) is 9.14. The highest BCUT2D eigenvalue weighted by atomic mass is 16.2. The summed E-state index contributed by atoms with van der Waals surface area (Å²) in [6.45, 7) is 7.25. The fraction of sp³-hybridized carbons (Fsp3) is 0.706. The third-order valence-corrected chi connectivity index (χ3v) is 4.51. The van der Waals surface area contributed by atoms with E-state index >= 15 is 0 Å². The minimum atomic E-state index is -0.132. The summed E-state index contributed by atoms with van der Waals surface area (Å²) in [5.41, 5.74) is 0. The van der Waals surface area contributed by atoms with E-state index in [4.69, 9.17) is 10.5 Å². The van der Waals surface area contributed by atoms with Crippen molar-refractivity contribution in [1.29, 1.82) is 10.5 Å². The Balaban J connectivity index is 1.83. The molecule has 0 saturated carbocycles. The molecule has 0 N–H and O–H groups in total. The average molecular weight is 343 g/mol. The van der Waals surface area contributed by atoms with E-state index in [9.17, 15) is 4.79 Å². The standard InChI is InChI=1S/C17H25N7O/c1-14-20-15(2)24(21-14)13-16-4-3-8-22(12-16)9-5-17(25)23(10-6-18)11-7-19/h16H,3-5,8-13H2,1-2H3. The van der Waals surface area contributed by atoms with Crippen molar-refractivity contribution in [2.75, 3.05) is 32.7 Å². The highest BCUT2D eigenvalue weighted by molar-refractivity contribution is 5.76. The Kier molecular flexibility index (Phi) is 6.91. The Morgan fingerprint density at radius 1 is 1.32 bits per heavy atom. The highest BCUT2D eigenvalue weighted by Crippen LogP contribution is 2.19. The molecule has 2 heterocycles. The van der Waals surface area contributed by atoms with Gasteiger partial charge in [0.2, 0.25) is 5.91 Å². The van der Waals surface area contributed by atoms with E-state index in [1.807, 2.05) is 30.7 Å². The monoisotopic (exact) mass is 343 g/mol. The zero-order valence-corrected chi connectivity index (χ0v) is 15.0. The first kappa shape index (κ1) is 18.9. The number of piperidine rings is 1. The van der Waals surface area contributed by atoms with E-state index in [0.717, 1.165) is 44.1 Å². The number of carbonyl (C=O) groups excluding carboxylic acids is 1. The first-order chi connectivity index (χ1) is 12.0. The van der Waals surface area contributed by atoms with Gasteiger partial charge in [-0.2, -0.15) is 15.6 Å². The SMILES string of the molecule is Cc1nc(C)n(CC2CCCN(CCC(=O)N(CC#N)CC#N)C2)n1. The number of rotatable bonds is 7. The van der Waals surface area contributed by atoms with Gasteiger partial charge in [0.25, 0.3) is 0 Å². The molecular weight excluding hydrogens is 318 g/mol. The lowest BCUT2D eigenvalue weighted by molar-refractivity contribution is -0.130. The van der Waals surface area contributed by atoms with Crippen molar-refractivity contribution >= 4 is 5.91 Å². The van der Waals surface area contributed by atoms with Crippen molar-refractivity contribution in [3.63, 3.8) is 0 Å². The normalized spacial score (nSPS) is 17.7. The van der Waals surface area contributed by atoms with Crippen molar-refractivity contribution in [3.8, 4) is 12.1 Å². The molecule has 1 fully saturated rings. The van der Waals surface area contributed by atoms with E-state index in [0.29, 0.717) is 18.9 Å². The summed E-state index contributed by atoms with van der Waals surface area (Å²) in [5, 5.41) is 21.9. The molecule has 0 spiro atoms. The van der Waals surface area contributed by atoms with Crippen molar-refractivity contribution in [2.45, 2.75) is 39.7 Å². The summed E-state index contributed by atoms with van der Waals surface area (Å²) in [6, 6.07) is 3.88. The first-order valence-corrected chi connectivity index (χ1v) is 8.65. The number of nitrogens with zero attached hydrogens (tertiary/aromatic N) is 7. The van der Waals surface area contributed by atoms with Crippen LogP contribution >= 0.6 is 0 Å². The summed E-state index contributed by atoms with van der Waals surface area (Å²) in [5.74, 6) is 2.10. The third kappa shape index (κ3) is 5.54. The molecule has 1 aromatic rings. The minimum absolute atomic E-state index is 0.0278. The predicted molar refractivity (Wildman–Crippen MR) is 91.1 cm³/mol. The van der Waals surface area contributed by atoms with E-state index in [1.165, 1.54) is 4.90 Å². The summed E-state index contributed by atoms with van der Waals surface area (Å²) >= 11 is 0. The van der Waals surface area contributed by atoms with Crippen molar-refractivity contribution < 1.29 is 4.79 Å². The molecule has 25 heavy (non-hydrogen) atoms. The molecule has 1 aliphatic rings. The summed E-state index contributed by atoms with van der Waals surface area (Å²) < 4.78 is 1.97. The van der Waals surface area contributed by atoms with Crippen LogP contribution < -0.4 is 0 Å². The van der Waals surface area contributed by atoms with Crippen LogP contribution in [0, 0.1) is 42.4 Å². The van der Waals surface area contributed by atoms with Crippen LogP contribution in [0.5, 0.6) is 0 Å². The quantitative estimate of drug-likeness (QED) is 0.681. The molecule has 1 aromatic heterocycles. The first-order valence-electron chi connectivity index (χ1n) is 8.65. The Morgan fingerprint density at radius 3 is 2.64 bits per heavy atom. The van der Waals surface area contributed by atoms with E-state index in [-0.39, 0.29) is 19.0 Å². The molecule has 0 aromatic carbocycles. The van der Waals surface area contributed by atoms with Gasteiger partial charge < -0.3 is 9.80 Å². The van der Waals surface area contributed by atoms with Gasteiger partial charge in [0.15, 0.2) is 0 Å². The largest absolute Gasteiger partial charge is 0.316 e. The molecule has 8 nitrogen and oxygen atoms in total. The fourth-order valence-corrected chi connectivity index (χ4v) is 3.30. The highest BCUT2D eigenvalue weighted by Gasteiger charge is 2.22. The van der Waals surface area contributed by atoms with E-state index < -0.39 is 0 Å². The van der Waals surface area contributed by atoms with Gasteiger partial charge in [0.05, 0.1) is 12.1 Å². The molecule has 0 radical (unpaired) electrons. The van der Waals surface area contributed by atoms with Crippen LogP contribution in [-0.4, -0.2) is 63.2 Å². The number of nitriles is 2. The molecule has 8 heteroatoms. The van der Waals surface area contributed by atoms with Gasteiger partial charge in [-0.25, -0.2) is 9.67 Å². The molecule has 1 aliphatic heterocycles. The maximum Gasteiger partial charge on any atom is 0.225 e. The second-order valence-corrected chi connectivity index (χ2v) is 6.51. The molecule has 0 bridgehead atoms. The van der Waals surface area contributed by atoms with Crippen LogP contribution in [0.3, 0.4) is 0 Å². The van der Waals surface area contributed by atoms with Crippen LogP contribution in [0.1, 0.15) is 30.9 Å². The molecule has 1 atom stereocenters. The number of aromatic nitrogens is 3. The molecule has 1 amide bonds. The Bertz CT molecular complexity index is 654. The van der Waals surface area contributed by atoms with E-state index in [2.05, 4.69) is 15.0 Å². The van der Waals surface area contributed by atoms with Gasteiger partial charge in [-0.15, -0.1) is 0 Å². The van der Waals surface area contributed by atoms with Crippen LogP contribution in [0.4, 0.5) is 0 Å². The van der Waals surface area contributed by atoms with Gasteiger partial charge in [-0.1, -0.05) is 0 Å². The summed E-state index contributed by atoms with van der Waals surface area (Å²) in [6.07, 6.45) is 2.60. The lowest BCUT2D eigenvalue weighted by Crippen LogP contribution is -2.40. The average Bonchev–Trinajstić information content (AvgIpc) is 2.90. The number of hydrogen-bond donors (Lipinski definition) is 0. The Hall–Kier alpha value is -2.45. The molecule has 0 aliphatic carbocycles. The zero-order valence-electron chi connectivity index (χ0n) is 15.0. The summed E-state index contributed by atoms with van der Waals surface area (Å²) in [7, 11) is 0. The number of hydrogen-bond acceptors (Lipinski definition) is 6. The third-order valence-electron chi connectivity index (χ3n) is 4.51. The number of amides is 1. The smallest absolute Gasteiger partial charge is 0.225 e. The maximum absolute atomic E-state index is 12.2. The van der Waals surface area contributed by atoms with Crippen LogP contribution in [0.15, 0.2) is 0 Å². The number of carbonyl (C=O) groups is 1. The van der Waals surface area contributed by atoms with Gasteiger partial charge >= 0.3 is 0 Å². The van der Waals surface area contributed by atoms with Crippen molar-refractivity contribution in [2.24, 2.45) is 5.92 Å². The molecule has 1 saturated heterocycles. The van der Waals surface area contributed by atoms with Gasteiger partial charge in [0.1, 0.15) is 24.7 Å². The lowest BCUT2D eigenvalue weighted by Gasteiger charge is -2.33. The second-order valence-electron chi connectivity index (χ2n) is 6.51. The zero-order chi connectivity index (χ0) is 18.2. The fourth-order valence-electron chi connectivity index (χ4n) is 3.30. The van der Waals surface area contributed by atoms with Crippen LogP contribution in [0.2, 0.25) is 0 Å². The van der Waals surface area contributed by atoms with Crippen molar-refractivity contribution in [1.82, 2.24) is 24.6 Å². The van der Waals surface area contributed by atoms with Gasteiger partial charge in [-0.3, -0.25) is 4.79 Å². The topological polar surface area (TPSA) is 102 Å². The predicted octanol–water partition coefficient (Wildman–Crippen LogP) is 0.873. The molecule has 1 unspecified atom stereocenters. The van der Waals surface area contributed by atoms with Crippen LogP contribution in [0.25, 0.3) is 0 Å². The molecule has 2 rings (SSSR count). The molecular formula is C17H25N7O. The van der Waals surface area contributed by atoms with Crippen LogP contribution in [-0.2, 0) is 11.3 Å². The lowest BCUT2D eigenvalue weighted by atomic mass is 9.98. The maximum atomic E-state index is 12.2. The van der Waals surface area contributed by atoms with Gasteiger partial charge in [-0.05, 0) is 39.2 Å². The molecule has 134 valence electrons. The number of aryl methyl sites for hydroxylation is 2. The Morgan fingerprint density at radius 2 is 2.04 bits per heavy atom. The number of likely N-dealkylation sites (tertiary alicyclic amines) is 1. The minimum Gasteiger partial charge on any atom is -0.316 e. The van der Waals surface area contributed by atoms with E-state index in [1.54, 1.807) is 0 Å². The Labute approximate surface area is 148 Å². The summed E-state index contributed by atoms with van der Waals surface area (Å²) in [4.78, 5) is 20.1. The van der Waals surface area contributed by atoms with Crippen molar-refractivity contribution in [3.05, 3.63) is 11.6 Å². The van der Waals surface area contributed by atoms with Gasteiger partial charge in [0, 0.05) is 26.1 Å².